The highest BCUT2D eigenvalue weighted by atomic mass is 35.5. The zero-order valence-corrected chi connectivity index (χ0v) is 25.0. The van der Waals surface area contributed by atoms with Gasteiger partial charge in [-0.05, 0) is 65.0 Å². The molecule has 44 heavy (non-hydrogen) atoms. The molecule has 0 bridgehead atoms. The van der Waals surface area contributed by atoms with E-state index >= 15 is 0 Å². The van der Waals surface area contributed by atoms with Crippen LogP contribution in [-0.4, -0.2) is 40.0 Å². The average molecular weight is 626 g/mol. The number of hydrogen-bond acceptors (Lipinski definition) is 8. The van der Waals surface area contributed by atoms with Gasteiger partial charge in [-0.3, -0.25) is 14.4 Å². The first kappa shape index (κ1) is 30.5. The highest BCUT2D eigenvalue weighted by Gasteiger charge is 2.45. The second-order valence-electron chi connectivity index (χ2n) is 11.1. The first-order valence-electron chi connectivity index (χ1n) is 13.4. The normalized spacial score (nSPS) is 13.5. The van der Waals surface area contributed by atoms with Gasteiger partial charge >= 0.3 is 6.29 Å². The quantitative estimate of drug-likeness (QED) is 0.301. The van der Waals surface area contributed by atoms with E-state index in [4.69, 9.17) is 16.0 Å². The lowest BCUT2D eigenvalue weighted by molar-refractivity contribution is -0.286. The van der Waals surface area contributed by atoms with Crippen molar-refractivity contribution in [1.29, 1.82) is 5.26 Å². The van der Waals surface area contributed by atoms with E-state index in [0.717, 1.165) is 4.68 Å². The van der Waals surface area contributed by atoms with Crippen LogP contribution in [0, 0.1) is 18.3 Å². The van der Waals surface area contributed by atoms with Crippen molar-refractivity contribution >= 4 is 40.1 Å². The fourth-order valence-electron chi connectivity index (χ4n) is 4.80. The molecule has 0 unspecified atom stereocenters. The van der Waals surface area contributed by atoms with Crippen molar-refractivity contribution in [3.8, 4) is 28.8 Å². The van der Waals surface area contributed by atoms with Gasteiger partial charge in [0.25, 0.3) is 11.5 Å². The van der Waals surface area contributed by atoms with Crippen LogP contribution < -0.4 is 25.2 Å². The van der Waals surface area contributed by atoms with Crippen LogP contribution in [-0.2, 0) is 11.3 Å². The maximum absolute atomic E-state index is 13.7. The third-order valence-electron chi connectivity index (χ3n) is 6.63. The number of fused-ring (bicyclic) bond motifs is 2. The Bertz CT molecular complexity index is 1940. The number of likely N-dealkylation sites (N-methyl/N-ethyl adjacent to an activating group) is 1. The molecule has 5 rings (SSSR count). The predicted molar refractivity (Wildman–Crippen MR) is 156 cm³/mol. The number of anilines is 1. The van der Waals surface area contributed by atoms with Crippen LogP contribution >= 0.6 is 11.6 Å². The Morgan fingerprint density at radius 2 is 1.91 bits per heavy atom. The molecule has 1 aliphatic rings. The minimum absolute atomic E-state index is 0.0371. The first-order valence-corrected chi connectivity index (χ1v) is 13.8. The molecule has 14 heteroatoms. The SMILES string of the molecule is CCN(C(=O)Cn1nc(-c2cc(Cl)cc(C#N)c2)c2oc(C(=O)NC(C)(C)C)cc2c1=O)c1ccc2c(c1C)OC(F)(F)O2. The van der Waals surface area contributed by atoms with Crippen molar-refractivity contribution in [1.82, 2.24) is 15.1 Å². The zero-order chi connectivity index (χ0) is 32.1. The molecule has 0 atom stereocenters. The van der Waals surface area contributed by atoms with E-state index in [1.807, 2.05) is 6.07 Å². The number of carbonyl (C=O) groups excluding carboxylic acids is 2. The first-order chi connectivity index (χ1) is 20.6. The zero-order valence-electron chi connectivity index (χ0n) is 24.3. The summed E-state index contributed by atoms with van der Waals surface area (Å²) in [4.78, 5) is 41.5. The molecule has 0 radical (unpaired) electrons. The van der Waals surface area contributed by atoms with Gasteiger partial charge in [0.1, 0.15) is 12.2 Å². The van der Waals surface area contributed by atoms with Crippen LogP contribution in [0.25, 0.3) is 22.2 Å². The smallest absolute Gasteiger partial charge is 0.448 e. The average Bonchev–Trinajstić information content (AvgIpc) is 3.52. The summed E-state index contributed by atoms with van der Waals surface area (Å²) in [6.45, 7) is 8.06. The maximum Gasteiger partial charge on any atom is 0.586 e. The summed E-state index contributed by atoms with van der Waals surface area (Å²) >= 11 is 6.25. The van der Waals surface area contributed by atoms with E-state index in [1.54, 1.807) is 27.7 Å². The molecule has 2 aromatic heterocycles. The van der Waals surface area contributed by atoms with Crippen LogP contribution in [0.5, 0.6) is 11.5 Å². The van der Waals surface area contributed by atoms with E-state index in [2.05, 4.69) is 19.9 Å². The molecule has 4 aromatic rings. The minimum Gasteiger partial charge on any atom is -0.448 e. The summed E-state index contributed by atoms with van der Waals surface area (Å²) in [5.41, 5.74) is -0.300. The summed E-state index contributed by atoms with van der Waals surface area (Å²) in [6, 6.07) is 10.4. The molecule has 0 saturated heterocycles. The van der Waals surface area contributed by atoms with Crippen LogP contribution in [0.1, 0.15) is 49.4 Å². The molecule has 3 heterocycles. The molecule has 1 N–H and O–H groups in total. The largest absolute Gasteiger partial charge is 0.586 e. The van der Waals surface area contributed by atoms with E-state index in [-0.39, 0.29) is 62.3 Å². The second kappa shape index (κ2) is 10.9. The lowest BCUT2D eigenvalue weighted by Crippen LogP contribution is -2.40. The van der Waals surface area contributed by atoms with Crippen molar-refractivity contribution in [3.63, 3.8) is 0 Å². The summed E-state index contributed by atoms with van der Waals surface area (Å²) in [7, 11) is 0. The molecule has 0 aliphatic carbocycles. The highest BCUT2D eigenvalue weighted by molar-refractivity contribution is 6.31. The molecule has 2 aromatic carbocycles. The van der Waals surface area contributed by atoms with Crippen LogP contribution in [0.15, 0.2) is 45.6 Å². The monoisotopic (exact) mass is 625 g/mol. The second-order valence-corrected chi connectivity index (χ2v) is 11.5. The van der Waals surface area contributed by atoms with E-state index in [9.17, 15) is 28.4 Å². The van der Waals surface area contributed by atoms with Crippen LogP contribution in [0.2, 0.25) is 5.02 Å². The Hall–Kier alpha value is -4.96. The van der Waals surface area contributed by atoms with Gasteiger partial charge in [0.2, 0.25) is 5.91 Å². The Labute approximate surface area is 254 Å². The number of halogens is 3. The number of rotatable bonds is 6. The van der Waals surface area contributed by atoms with Gasteiger partial charge in [-0.15, -0.1) is 8.78 Å². The Balaban J connectivity index is 1.60. The predicted octanol–water partition coefficient (Wildman–Crippen LogP) is 5.39. The number of nitrogens with zero attached hydrogens (tertiary/aromatic N) is 4. The topological polar surface area (TPSA) is 140 Å². The standard InChI is InChI=1S/C30H26ClF2N5O6/c1-6-37(20-7-8-21-25(15(20)2)44-30(32,33)43-21)23(39)14-38-28(41)19-12-22(27(40)35-29(3,4)5)42-26(19)24(36-38)17-9-16(13-34)10-18(31)11-17/h7-12H,6,14H2,1-5H3,(H,35,40). The fourth-order valence-corrected chi connectivity index (χ4v) is 5.03. The van der Waals surface area contributed by atoms with Crippen LogP contribution in [0.3, 0.4) is 0 Å². The number of alkyl halides is 2. The van der Waals surface area contributed by atoms with Gasteiger partial charge in [-0.1, -0.05) is 11.6 Å². The van der Waals surface area contributed by atoms with Crippen molar-refractivity contribution < 1.29 is 32.3 Å². The van der Waals surface area contributed by atoms with Gasteiger partial charge in [0.05, 0.1) is 22.7 Å². The number of benzene rings is 2. The summed E-state index contributed by atoms with van der Waals surface area (Å²) in [5, 5.41) is 16.8. The third kappa shape index (κ3) is 5.80. The van der Waals surface area contributed by atoms with E-state index in [0.29, 0.717) is 5.56 Å². The van der Waals surface area contributed by atoms with Gasteiger partial charge in [-0.2, -0.15) is 10.4 Å². The fraction of sp³-hybridized carbons (Fsp3) is 0.300. The molecule has 1 aliphatic heterocycles. The molecular formula is C30H26ClF2N5O6. The molecule has 228 valence electrons. The maximum atomic E-state index is 13.7. The lowest BCUT2D eigenvalue weighted by Gasteiger charge is -2.23. The van der Waals surface area contributed by atoms with E-state index in [1.165, 1.54) is 48.2 Å². The van der Waals surface area contributed by atoms with Crippen molar-refractivity contribution in [2.75, 3.05) is 11.4 Å². The lowest BCUT2D eigenvalue weighted by atomic mass is 10.1. The number of ether oxygens (including phenoxy) is 2. The van der Waals surface area contributed by atoms with Gasteiger partial charge in [-0.25, -0.2) is 4.68 Å². The number of amides is 2. The number of carbonyl (C=O) groups is 2. The summed E-state index contributed by atoms with van der Waals surface area (Å²) in [5.74, 6) is -1.71. The highest BCUT2D eigenvalue weighted by Crippen LogP contribution is 2.46. The Morgan fingerprint density at radius 1 is 1.18 bits per heavy atom. The van der Waals surface area contributed by atoms with Crippen molar-refractivity contribution in [2.24, 2.45) is 0 Å². The molecule has 0 fully saturated rings. The number of nitriles is 1. The molecule has 2 amide bonds. The Kier molecular flexibility index (Phi) is 7.59. The van der Waals surface area contributed by atoms with E-state index < -0.39 is 35.8 Å². The van der Waals surface area contributed by atoms with Gasteiger partial charge in [0, 0.05) is 34.3 Å². The number of nitrogens with one attached hydrogen (secondary N) is 1. The summed E-state index contributed by atoms with van der Waals surface area (Å²) in [6.07, 6.45) is -3.84. The number of furan rings is 1. The minimum atomic E-state index is -3.84. The molecule has 0 spiro atoms. The molecule has 11 nitrogen and oxygen atoms in total. The van der Waals surface area contributed by atoms with Gasteiger partial charge in [0.15, 0.2) is 22.8 Å². The van der Waals surface area contributed by atoms with Crippen molar-refractivity contribution in [3.05, 3.63) is 68.7 Å². The number of aromatic nitrogens is 2. The third-order valence-corrected chi connectivity index (χ3v) is 6.85. The molecule has 0 saturated carbocycles. The van der Waals surface area contributed by atoms with Crippen LogP contribution in [0.4, 0.5) is 14.5 Å². The Morgan fingerprint density at radius 3 is 2.57 bits per heavy atom. The summed E-state index contributed by atoms with van der Waals surface area (Å²) < 4.78 is 43.3. The molecular weight excluding hydrogens is 600 g/mol. The number of hydrogen-bond donors (Lipinski definition) is 1. The van der Waals surface area contributed by atoms with Gasteiger partial charge < -0.3 is 24.1 Å². The van der Waals surface area contributed by atoms with Crippen molar-refractivity contribution in [2.45, 2.75) is 53.0 Å².